The largest absolute Gasteiger partial charge is 0.423 e. The second-order valence-corrected chi connectivity index (χ2v) is 11.1. The van der Waals surface area contributed by atoms with Crippen LogP contribution in [0.3, 0.4) is 0 Å². The zero-order chi connectivity index (χ0) is 37.0. The number of benzene rings is 4. The van der Waals surface area contributed by atoms with E-state index in [0.717, 1.165) is 11.1 Å². The minimum absolute atomic E-state index is 0.208. The van der Waals surface area contributed by atoms with Gasteiger partial charge in [0.1, 0.15) is 23.0 Å². The van der Waals surface area contributed by atoms with E-state index in [9.17, 15) is 24.0 Å². The lowest BCUT2D eigenvalue weighted by Gasteiger charge is -2.07. The zero-order valence-corrected chi connectivity index (χ0v) is 28.2. The monoisotopic (exact) mass is 672 g/mol. The van der Waals surface area contributed by atoms with Crippen molar-refractivity contribution in [3.8, 4) is 34.1 Å². The van der Waals surface area contributed by atoms with Crippen molar-refractivity contribution < 1.29 is 42.9 Å². The third kappa shape index (κ3) is 11.3. The van der Waals surface area contributed by atoms with Crippen LogP contribution in [0.5, 0.6) is 23.0 Å². The van der Waals surface area contributed by atoms with Gasteiger partial charge in [0.2, 0.25) is 0 Å². The van der Waals surface area contributed by atoms with Crippen molar-refractivity contribution in [2.75, 3.05) is 0 Å². The molecule has 0 N–H and O–H groups in total. The van der Waals surface area contributed by atoms with Crippen LogP contribution in [-0.4, -0.2) is 29.7 Å². The quantitative estimate of drug-likeness (QED) is 0.0672. The van der Waals surface area contributed by atoms with Gasteiger partial charge in [-0.25, -0.2) is 19.2 Å². The topological polar surface area (TPSA) is 122 Å². The van der Waals surface area contributed by atoms with Gasteiger partial charge < -0.3 is 18.9 Å². The lowest BCUT2D eigenvalue weighted by atomic mass is 10.0. The summed E-state index contributed by atoms with van der Waals surface area (Å²) in [5.41, 5.74) is 4.04. The van der Waals surface area contributed by atoms with Crippen LogP contribution in [0, 0.1) is 0 Å². The third-order valence-electron chi connectivity index (χ3n) is 6.51. The molecule has 9 heteroatoms. The Bertz CT molecular complexity index is 1800. The van der Waals surface area contributed by atoms with E-state index >= 15 is 0 Å². The molecule has 0 saturated heterocycles. The van der Waals surface area contributed by atoms with Crippen LogP contribution in [0.1, 0.15) is 43.6 Å². The van der Waals surface area contributed by atoms with E-state index in [0.29, 0.717) is 45.3 Å². The Kier molecular flexibility index (Phi) is 13.3. The van der Waals surface area contributed by atoms with Gasteiger partial charge in [-0.15, -0.1) is 0 Å². The molecule has 0 aliphatic carbocycles. The van der Waals surface area contributed by atoms with Gasteiger partial charge in [-0.2, -0.15) is 0 Å². The van der Waals surface area contributed by atoms with E-state index in [2.05, 4.69) is 26.3 Å². The number of carbonyl (C=O) groups excluding carboxylic acids is 5. The number of esters is 4. The van der Waals surface area contributed by atoms with E-state index in [4.69, 9.17) is 18.9 Å². The first-order valence-corrected chi connectivity index (χ1v) is 15.1. The predicted octanol–water partition coefficient (Wildman–Crippen LogP) is 8.20. The summed E-state index contributed by atoms with van der Waals surface area (Å²) >= 11 is 0. The van der Waals surface area contributed by atoms with Crippen LogP contribution in [-0.2, 0) is 19.2 Å². The lowest BCUT2D eigenvalue weighted by Crippen LogP contribution is -2.09. The summed E-state index contributed by atoms with van der Waals surface area (Å²) in [7, 11) is 0. The molecule has 4 rings (SSSR count). The van der Waals surface area contributed by atoms with Crippen LogP contribution in [0.2, 0.25) is 0 Å². The fraction of sp³-hybridized carbons (Fsp3) is 0.0976. The van der Waals surface area contributed by atoms with Crippen LogP contribution >= 0.6 is 0 Å². The molecule has 50 heavy (non-hydrogen) atoms. The van der Waals surface area contributed by atoms with Crippen molar-refractivity contribution in [1.82, 2.24) is 0 Å². The fourth-order valence-corrected chi connectivity index (χ4v) is 3.72. The molecule has 0 fully saturated rings. The number of ketones is 1. The highest BCUT2D eigenvalue weighted by molar-refractivity contribution is 6.09. The summed E-state index contributed by atoms with van der Waals surface area (Å²) in [6.45, 7) is 20.4. The SMILES string of the molecule is C=C(C)C(=O)Oc1ccc(-c2ccc(OC(=O)C(=C)C)cc2)cc1.C=C(C)C(=O)Oc1ccc(C(=O)c2ccc(OC(=O)C(=C)C)cc2)cc1. The van der Waals surface area contributed by atoms with E-state index in [1.165, 1.54) is 24.3 Å². The van der Waals surface area contributed by atoms with Gasteiger partial charge >= 0.3 is 23.9 Å². The Balaban J connectivity index is 0.000000271. The molecule has 4 aromatic carbocycles. The van der Waals surface area contributed by atoms with Crippen LogP contribution < -0.4 is 18.9 Å². The molecule has 254 valence electrons. The standard InChI is InChI=1S/C21H18O5.C20H18O4/c1-13(2)20(23)25-17-9-5-15(6-10-17)19(22)16-7-11-18(12-8-16)26-21(24)14(3)4;1-13(2)19(21)23-17-9-5-15(6-10-17)16-7-11-18(12-8-16)24-20(22)14(3)4/h5-12H,1,3H2,2,4H3;5-12H,1,3H2,2,4H3. The highest BCUT2D eigenvalue weighted by Gasteiger charge is 2.12. The van der Waals surface area contributed by atoms with Gasteiger partial charge in [-0.05, 0) is 112 Å². The summed E-state index contributed by atoms with van der Waals surface area (Å²) in [6, 6.07) is 26.7. The molecule has 0 radical (unpaired) electrons. The minimum Gasteiger partial charge on any atom is -0.423 e. The van der Waals surface area contributed by atoms with Gasteiger partial charge in [-0.3, -0.25) is 4.79 Å². The molecule has 0 aromatic heterocycles. The van der Waals surface area contributed by atoms with Crippen LogP contribution in [0.4, 0.5) is 0 Å². The first kappa shape index (κ1) is 37.8. The van der Waals surface area contributed by atoms with Gasteiger partial charge in [0.15, 0.2) is 5.78 Å². The Hall–Kier alpha value is -6.61. The normalized spacial score (nSPS) is 9.92. The maximum atomic E-state index is 12.5. The Morgan fingerprint density at radius 2 is 0.560 bits per heavy atom. The molecule has 0 unspecified atom stereocenters. The molecule has 0 saturated carbocycles. The molecule has 0 heterocycles. The third-order valence-corrected chi connectivity index (χ3v) is 6.51. The van der Waals surface area contributed by atoms with E-state index in [-0.39, 0.29) is 16.9 Å². The molecule has 0 aliphatic heterocycles. The highest BCUT2D eigenvalue weighted by atomic mass is 16.5. The second kappa shape index (κ2) is 17.5. The summed E-state index contributed by atoms with van der Waals surface area (Å²) in [5.74, 6) is -0.586. The summed E-state index contributed by atoms with van der Waals surface area (Å²) < 4.78 is 20.5. The van der Waals surface area contributed by atoms with Gasteiger partial charge in [-0.1, -0.05) is 50.6 Å². The number of hydrogen-bond donors (Lipinski definition) is 0. The molecule has 0 aliphatic rings. The first-order chi connectivity index (χ1) is 23.6. The lowest BCUT2D eigenvalue weighted by molar-refractivity contribution is -0.130. The van der Waals surface area contributed by atoms with Crippen molar-refractivity contribution in [2.24, 2.45) is 0 Å². The zero-order valence-electron chi connectivity index (χ0n) is 28.2. The van der Waals surface area contributed by atoms with Crippen molar-refractivity contribution in [3.05, 3.63) is 157 Å². The summed E-state index contributed by atoms with van der Waals surface area (Å²) in [6.07, 6.45) is 0. The molecule has 0 bridgehead atoms. The maximum Gasteiger partial charge on any atom is 0.338 e. The number of ether oxygens (including phenoxy) is 4. The smallest absolute Gasteiger partial charge is 0.338 e. The van der Waals surface area contributed by atoms with Crippen LogP contribution in [0.15, 0.2) is 146 Å². The average Bonchev–Trinajstić information content (AvgIpc) is 3.09. The Morgan fingerprint density at radius 3 is 0.760 bits per heavy atom. The van der Waals surface area contributed by atoms with Gasteiger partial charge in [0.25, 0.3) is 0 Å². The van der Waals surface area contributed by atoms with E-state index in [1.807, 2.05) is 24.3 Å². The van der Waals surface area contributed by atoms with Crippen molar-refractivity contribution in [3.63, 3.8) is 0 Å². The Labute approximate surface area is 290 Å². The average molecular weight is 673 g/mol. The van der Waals surface area contributed by atoms with Crippen LogP contribution in [0.25, 0.3) is 11.1 Å². The van der Waals surface area contributed by atoms with Crippen molar-refractivity contribution >= 4 is 29.7 Å². The number of carbonyl (C=O) groups is 5. The predicted molar refractivity (Wildman–Crippen MR) is 190 cm³/mol. The molecule has 4 aromatic rings. The second-order valence-electron chi connectivity index (χ2n) is 11.1. The summed E-state index contributed by atoms with van der Waals surface area (Å²) in [5, 5.41) is 0. The molecule has 9 nitrogen and oxygen atoms in total. The molecule has 0 amide bonds. The van der Waals surface area contributed by atoms with Crippen molar-refractivity contribution in [2.45, 2.75) is 27.7 Å². The van der Waals surface area contributed by atoms with E-state index in [1.54, 1.807) is 76.2 Å². The molecular formula is C41H36O9. The molecule has 0 atom stereocenters. The van der Waals surface area contributed by atoms with Crippen molar-refractivity contribution in [1.29, 1.82) is 0 Å². The number of hydrogen-bond acceptors (Lipinski definition) is 9. The highest BCUT2D eigenvalue weighted by Crippen LogP contribution is 2.25. The number of rotatable bonds is 11. The molecule has 0 spiro atoms. The maximum absolute atomic E-state index is 12.5. The fourth-order valence-electron chi connectivity index (χ4n) is 3.72. The summed E-state index contributed by atoms with van der Waals surface area (Å²) in [4.78, 5) is 58.4. The van der Waals surface area contributed by atoms with Gasteiger partial charge in [0, 0.05) is 33.4 Å². The van der Waals surface area contributed by atoms with E-state index < -0.39 is 23.9 Å². The Morgan fingerprint density at radius 1 is 0.360 bits per heavy atom. The first-order valence-electron chi connectivity index (χ1n) is 15.1. The minimum atomic E-state index is -0.524. The molecular weight excluding hydrogens is 636 g/mol. The van der Waals surface area contributed by atoms with Gasteiger partial charge in [0.05, 0.1) is 0 Å².